The Hall–Kier alpha value is -3.22. The molecule has 0 N–H and O–H groups in total. The molecule has 0 bridgehead atoms. The maximum atomic E-state index is 13.4. The van der Waals surface area contributed by atoms with Gasteiger partial charge >= 0.3 is 0 Å². The van der Waals surface area contributed by atoms with E-state index >= 15 is 0 Å². The zero-order valence-corrected chi connectivity index (χ0v) is 14.2. The molecule has 0 unspecified atom stereocenters. The van der Waals surface area contributed by atoms with Crippen molar-refractivity contribution in [2.24, 2.45) is 0 Å². The highest BCUT2D eigenvalue weighted by molar-refractivity contribution is 6.05. The summed E-state index contributed by atoms with van der Waals surface area (Å²) in [7, 11) is 0. The van der Waals surface area contributed by atoms with E-state index in [1.165, 1.54) is 0 Å². The van der Waals surface area contributed by atoms with Crippen LogP contribution < -0.4 is 9.64 Å². The quantitative estimate of drug-likeness (QED) is 0.724. The molecular weight excluding hydrogens is 335 g/mol. The number of ether oxygens (including phenoxy) is 1. The third kappa shape index (κ3) is 3.03. The number of anilines is 1. The van der Waals surface area contributed by atoms with Gasteiger partial charge in [-0.1, -0.05) is 18.2 Å². The van der Waals surface area contributed by atoms with Crippen LogP contribution in [-0.4, -0.2) is 27.2 Å². The highest BCUT2D eigenvalue weighted by atomic mass is 19.1. The van der Waals surface area contributed by atoms with E-state index in [9.17, 15) is 9.18 Å². The van der Waals surface area contributed by atoms with Gasteiger partial charge in [-0.25, -0.2) is 9.37 Å². The second-order valence-corrected chi connectivity index (χ2v) is 6.09. The summed E-state index contributed by atoms with van der Waals surface area (Å²) in [5, 5.41) is 4.44. The first-order valence-electron chi connectivity index (χ1n) is 8.30. The standard InChI is InChI=1S/C19H17FN4O2/c1-13-9-18(21-11-16(13)20)23-7-8-24-17(19(23)25)10-14(22-24)12-26-15-5-3-2-4-6-15/h2-6,9-11H,7-8,12H2,1H3. The number of benzene rings is 1. The van der Waals surface area contributed by atoms with Crippen molar-refractivity contribution in [1.29, 1.82) is 0 Å². The number of hydrogen-bond acceptors (Lipinski definition) is 4. The van der Waals surface area contributed by atoms with E-state index in [0.29, 0.717) is 35.9 Å². The molecule has 0 spiro atoms. The van der Waals surface area contributed by atoms with Gasteiger partial charge in [-0.05, 0) is 36.8 Å². The van der Waals surface area contributed by atoms with Crippen LogP contribution in [0.15, 0.2) is 48.7 Å². The van der Waals surface area contributed by atoms with Gasteiger partial charge in [0.25, 0.3) is 5.91 Å². The molecule has 1 aromatic carbocycles. The number of amides is 1. The molecule has 0 atom stereocenters. The van der Waals surface area contributed by atoms with E-state index in [-0.39, 0.29) is 18.3 Å². The van der Waals surface area contributed by atoms with Crippen molar-refractivity contribution in [3.8, 4) is 5.75 Å². The van der Waals surface area contributed by atoms with Crippen LogP contribution >= 0.6 is 0 Å². The zero-order valence-electron chi connectivity index (χ0n) is 14.2. The number of aryl methyl sites for hydroxylation is 1. The fourth-order valence-electron chi connectivity index (χ4n) is 2.88. The number of para-hydroxylation sites is 1. The number of carbonyl (C=O) groups is 1. The van der Waals surface area contributed by atoms with Crippen molar-refractivity contribution < 1.29 is 13.9 Å². The fraction of sp³-hybridized carbons (Fsp3) is 0.211. The third-order valence-corrected chi connectivity index (χ3v) is 4.27. The second-order valence-electron chi connectivity index (χ2n) is 6.09. The van der Waals surface area contributed by atoms with E-state index in [0.717, 1.165) is 11.9 Å². The average Bonchev–Trinajstić information content (AvgIpc) is 3.08. The van der Waals surface area contributed by atoms with Gasteiger partial charge in [-0.15, -0.1) is 0 Å². The van der Waals surface area contributed by atoms with Crippen LogP contribution in [0.2, 0.25) is 0 Å². The van der Waals surface area contributed by atoms with Gasteiger partial charge in [-0.3, -0.25) is 14.4 Å². The first kappa shape index (κ1) is 16.3. The van der Waals surface area contributed by atoms with Gasteiger partial charge in [0.2, 0.25) is 0 Å². The molecule has 0 radical (unpaired) electrons. The fourth-order valence-corrected chi connectivity index (χ4v) is 2.88. The maximum Gasteiger partial charge on any atom is 0.277 e. The molecule has 1 aliphatic rings. The van der Waals surface area contributed by atoms with Crippen LogP contribution in [-0.2, 0) is 13.2 Å². The summed E-state index contributed by atoms with van der Waals surface area (Å²) < 4.78 is 20.8. The largest absolute Gasteiger partial charge is 0.487 e. The lowest BCUT2D eigenvalue weighted by molar-refractivity contribution is 0.0961. The van der Waals surface area contributed by atoms with Crippen molar-refractivity contribution in [2.45, 2.75) is 20.1 Å². The lowest BCUT2D eigenvalue weighted by Gasteiger charge is -2.26. The molecule has 1 amide bonds. The predicted octanol–water partition coefficient (Wildman–Crippen LogP) is 2.97. The number of fused-ring (bicyclic) bond motifs is 1. The molecule has 0 saturated heterocycles. The molecular formula is C19H17FN4O2. The Balaban J connectivity index is 1.53. The summed E-state index contributed by atoms with van der Waals surface area (Å²) in [6.07, 6.45) is 1.14. The SMILES string of the molecule is Cc1cc(N2CCn3nc(COc4ccccc4)cc3C2=O)ncc1F. The molecule has 0 aliphatic carbocycles. The van der Waals surface area contributed by atoms with E-state index in [4.69, 9.17) is 4.74 Å². The Morgan fingerprint density at radius 2 is 2.00 bits per heavy atom. The van der Waals surface area contributed by atoms with E-state index in [1.807, 2.05) is 30.3 Å². The lowest BCUT2D eigenvalue weighted by atomic mass is 10.2. The molecule has 3 heterocycles. The predicted molar refractivity (Wildman–Crippen MR) is 93.6 cm³/mol. The third-order valence-electron chi connectivity index (χ3n) is 4.27. The number of rotatable bonds is 4. The number of hydrogen-bond donors (Lipinski definition) is 0. The summed E-state index contributed by atoms with van der Waals surface area (Å²) in [6, 6.07) is 12.8. The number of aromatic nitrogens is 3. The molecule has 2 aromatic heterocycles. The molecule has 26 heavy (non-hydrogen) atoms. The van der Waals surface area contributed by atoms with Crippen LogP contribution in [0.25, 0.3) is 0 Å². The monoisotopic (exact) mass is 352 g/mol. The highest BCUT2D eigenvalue weighted by Crippen LogP contribution is 2.22. The zero-order chi connectivity index (χ0) is 18.1. The molecule has 4 rings (SSSR count). The number of nitrogens with zero attached hydrogens (tertiary/aromatic N) is 4. The van der Waals surface area contributed by atoms with Crippen molar-refractivity contribution in [3.63, 3.8) is 0 Å². The van der Waals surface area contributed by atoms with Crippen LogP contribution in [0.1, 0.15) is 21.7 Å². The van der Waals surface area contributed by atoms with Crippen LogP contribution in [0.3, 0.4) is 0 Å². The van der Waals surface area contributed by atoms with Crippen molar-refractivity contribution >= 4 is 11.7 Å². The van der Waals surface area contributed by atoms with E-state index < -0.39 is 0 Å². The van der Waals surface area contributed by atoms with E-state index in [2.05, 4.69) is 10.1 Å². The summed E-state index contributed by atoms with van der Waals surface area (Å²) in [5.74, 6) is 0.609. The molecule has 0 saturated carbocycles. The van der Waals surface area contributed by atoms with Gasteiger partial charge < -0.3 is 4.74 Å². The number of halogens is 1. The summed E-state index contributed by atoms with van der Waals surface area (Å²) in [4.78, 5) is 18.4. The molecule has 3 aromatic rings. The minimum absolute atomic E-state index is 0.201. The van der Waals surface area contributed by atoms with Crippen LogP contribution in [0.4, 0.5) is 10.2 Å². The Morgan fingerprint density at radius 3 is 2.77 bits per heavy atom. The first-order valence-corrected chi connectivity index (χ1v) is 8.30. The second kappa shape index (κ2) is 6.59. The average molecular weight is 352 g/mol. The summed E-state index contributed by atoms with van der Waals surface area (Å²) in [6.45, 7) is 2.92. The Labute approximate surface area is 149 Å². The van der Waals surface area contributed by atoms with Crippen molar-refractivity contribution in [2.75, 3.05) is 11.4 Å². The maximum absolute atomic E-state index is 13.4. The molecule has 132 valence electrons. The smallest absolute Gasteiger partial charge is 0.277 e. The molecule has 1 aliphatic heterocycles. The van der Waals surface area contributed by atoms with Gasteiger partial charge in [0, 0.05) is 6.54 Å². The summed E-state index contributed by atoms with van der Waals surface area (Å²) >= 11 is 0. The molecule has 0 fully saturated rings. The van der Waals surface area contributed by atoms with E-state index in [1.54, 1.807) is 28.6 Å². The minimum Gasteiger partial charge on any atom is -0.487 e. The van der Waals surface area contributed by atoms with Gasteiger partial charge in [0.05, 0.1) is 12.7 Å². The Morgan fingerprint density at radius 1 is 1.19 bits per heavy atom. The molecule has 7 heteroatoms. The Kier molecular flexibility index (Phi) is 4.12. The minimum atomic E-state index is -0.386. The number of pyridine rings is 1. The van der Waals surface area contributed by atoms with Crippen LogP contribution in [0, 0.1) is 12.7 Å². The first-order chi connectivity index (χ1) is 12.6. The number of carbonyl (C=O) groups excluding carboxylic acids is 1. The van der Waals surface area contributed by atoms with Crippen molar-refractivity contribution in [3.05, 3.63) is 71.4 Å². The van der Waals surface area contributed by atoms with Gasteiger partial charge in [-0.2, -0.15) is 5.10 Å². The molecule has 6 nitrogen and oxygen atoms in total. The van der Waals surface area contributed by atoms with Gasteiger partial charge in [0.15, 0.2) is 0 Å². The summed E-state index contributed by atoms with van der Waals surface area (Å²) in [5.41, 5.74) is 1.62. The van der Waals surface area contributed by atoms with Crippen LogP contribution in [0.5, 0.6) is 5.75 Å². The highest BCUT2D eigenvalue weighted by Gasteiger charge is 2.28. The Bertz CT molecular complexity index is 955. The topological polar surface area (TPSA) is 60.2 Å². The normalized spacial score (nSPS) is 13.6. The van der Waals surface area contributed by atoms with Gasteiger partial charge in [0.1, 0.15) is 35.4 Å². The van der Waals surface area contributed by atoms with Crippen molar-refractivity contribution in [1.82, 2.24) is 14.8 Å². The lowest BCUT2D eigenvalue weighted by Crippen LogP contribution is -2.41.